The minimum atomic E-state index is -0.856. The van der Waals surface area contributed by atoms with Gasteiger partial charge in [-0.25, -0.2) is 0 Å². The van der Waals surface area contributed by atoms with Crippen LogP contribution in [0.4, 0.5) is 0 Å². The average Bonchev–Trinajstić information content (AvgIpc) is 2.15. The lowest BCUT2D eigenvalue weighted by Crippen LogP contribution is -2.20. The van der Waals surface area contributed by atoms with Gasteiger partial charge < -0.3 is 14.9 Å². The zero-order chi connectivity index (χ0) is 11.5. The van der Waals surface area contributed by atoms with Crippen LogP contribution in [0.2, 0.25) is 0 Å². The Kier molecular flexibility index (Phi) is 4.20. The molecule has 0 fully saturated rings. The van der Waals surface area contributed by atoms with Crippen LogP contribution in [-0.2, 0) is 4.74 Å². The number of halogens is 1. The van der Waals surface area contributed by atoms with E-state index in [1.807, 2.05) is 12.2 Å². The Hall–Kier alpha value is -0.510. The Bertz CT molecular complexity index is 282. The Morgan fingerprint density at radius 3 is 2.80 bits per heavy atom. The highest BCUT2D eigenvalue weighted by Gasteiger charge is 2.21. The van der Waals surface area contributed by atoms with Crippen LogP contribution in [0.3, 0.4) is 0 Å². The molecular formula is C11H17ClO3. The monoisotopic (exact) mass is 232 g/mol. The van der Waals surface area contributed by atoms with E-state index in [1.165, 1.54) is 0 Å². The molecule has 1 rings (SSSR count). The van der Waals surface area contributed by atoms with Gasteiger partial charge in [-0.2, -0.15) is 0 Å². The molecule has 0 aliphatic heterocycles. The molecule has 0 aromatic heterocycles. The maximum Gasteiger partial charge on any atom is 0.133 e. The van der Waals surface area contributed by atoms with Crippen molar-refractivity contribution in [3.05, 3.63) is 22.9 Å². The highest BCUT2D eigenvalue weighted by Crippen LogP contribution is 2.34. The van der Waals surface area contributed by atoms with Crippen molar-refractivity contribution in [2.24, 2.45) is 5.41 Å². The number of aliphatic hydroxyl groups excluding tert-OH is 2. The molecule has 15 heavy (non-hydrogen) atoms. The largest absolute Gasteiger partial charge is 0.490 e. The second kappa shape index (κ2) is 5.01. The van der Waals surface area contributed by atoms with Crippen molar-refractivity contribution >= 4 is 11.6 Å². The summed E-state index contributed by atoms with van der Waals surface area (Å²) in [6, 6.07) is 0. The zero-order valence-corrected chi connectivity index (χ0v) is 9.79. The predicted molar refractivity (Wildman–Crippen MR) is 59.5 cm³/mol. The van der Waals surface area contributed by atoms with E-state index < -0.39 is 6.10 Å². The Morgan fingerprint density at radius 1 is 1.60 bits per heavy atom. The molecule has 1 aliphatic carbocycles. The average molecular weight is 233 g/mol. The fraction of sp³-hybridized carbons (Fsp3) is 0.636. The second-order valence-electron chi connectivity index (χ2n) is 4.40. The van der Waals surface area contributed by atoms with Gasteiger partial charge in [0, 0.05) is 0 Å². The lowest BCUT2D eigenvalue weighted by molar-refractivity contribution is 0.0319. The highest BCUT2D eigenvalue weighted by atomic mass is 35.5. The molecule has 2 N–H and O–H groups in total. The normalized spacial score (nSPS) is 21.7. The van der Waals surface area contributed by atoms with Crippen LogP contribution < -0.4 is 0 Å². The fourth-order valence-electron chi connectivity index (χ4n) is 1.29. The maximum atomic E-state index is 9.11. The van der Waals surface area contributed by atoms with E-state index in [0.29, 0.717) is 10.8 Å². The van der Waals surface area contributed by atoms with Crippen molar-refractivity contribution in [1.82, 2.24) is 0 Å². The van der Waals surface area contributed by atoms with Crippen LogP contribution >= 0.6 is 11.6 Å². The zero-order valence-electron chi connectivity index (χ0n) is 9.03. The Labute approximate surface area is 95.0 Å². The number of rotatable bonds is 4. The van der Waals surface area contributed by atoms with Crippen LogP contribution in [0.5, 0.6) is 0 Å². The van der Waals surface area contributed by atoms with E-state index in [1.54, 1.807) is 0 Å². The predicted octanol–water partition coefficient (Wildman–Crippen LogP) is 1.79. The first-order valence-corrected chi connectivity index (χ1v) is 5.33. The third-order valence-electron chi connectivity index (χ3n) is 2.21. The summed E-state index contributed by atoms with van der Waals surface area (Å²) < 4.78 is 5.29. The third kappa shape index (κ3) is 3.86. The fourth-order valence-corrected chi connectivity index (χ4v) is 1.72. The van der Waals surface area contributed by atoms with Gasteiger partial charge in [-0.15, -0.1) is 0 Å². The van der Waals surface area contributed by atoms with Gasteiger partial charge in [0.05, 0.1) is 11.6 Å². The molecule has 1 unspecified atom stereocenters. The number of allylic oxidation sites excluding steroid dienone is 3. The molecule has 0 bridgehead atoms. The minimum absolute atomic E-state index is 0.0551. The van der Waals surface area contributed by atoms with Gasteiger partial charge in [-0.1, -0.05) is 31.5 Å². The summed E-state index contributed by atoms with van der Waals surface area (Å²) in [6.07, 6.45) is 3.85. The van der Waals surface area contributed by atoms with Crippen molar-refractivity contribution in [3.63, 3.8) is 0 Å². The summed E-state index contributed by atoms with van der Waals surface area (Å²) in [4.78, 5) is 0. The van der Waals surface area contributed by atoms with E-state index in [-0.39, 0.29) is 18.6 Å². The molecule has 0 saturated heterocycles. The van der Waals surface area contributed by atoms with Gasteiger partial charge >= 0.3 is 0 Å². The van der Waals surface area contributed by atoms with Gasteiger partial charge in [-0.05, 0) is 17.9 Å². The smallest absolute Gasteiger partial charge is 0.133 e. The molecule has 0 spiro atoms. The molecular weight excluding hydrogens is 216 g/mol. The Balaban J connectivity index is 2.52. The SMILES string of the molecule is CC1(C)C=C(Cl)C(OCC(O)CO)=CC1. The first kappa shape index (κ1) is 12.6. The van der Waals surface area contributed by atoms with Crippen LogP contribution in [0.15, 0.2) is 22.9 Å². The molecule has 0 aromatic rings. The topological polar surface area (TPSA) is 49.7 Å². The molecule has 1 atom stereocenters. The first-order valence-electron chi connectivity index (χ1n) is 4.95. The number of hydrogen-bond donors (Lipinski definition) is 2. The van der Waals surface area contributed by atoms with E-state index in [4.69, 9.17) is 26.6 Å². The summed E-state index contributed by atoms with van der Waals surface area (Å²) in [5.74, 6) is 0.587. The van der Waals surface area contributed by atoms with E-state index >= 15 is 0 Å². The van der Waals surface area contributed by atoms with Crippen molar-refractivity contribution in [2.75, 3.05) is 13.2 Å². The van der Waals surface area contributed by atoms with Crippen molar-refractivity contribution < 1.29 is 14.9 Å². The lowest BCUT2D eigenvalue weighted by atomic mass is 9.86. The van der Waals surface area contributed by atoms with Gasteiger partial charge in [0.25, 0.3) is 0 Å². The Morgan fingerprint density at radius 2 is 2.27 bits per heavy atom. The number of aliphatic hydroxyl groups is 2. The number of hydrogen-bond acceptors (Lipinski definition) is 3. The van der Waals surface area contributed by atoms with Crippen LogP contribution in [0.1, 0.15) is 20.3 Å². The third-order valence-corrected chi connectivity index (χ3v) is 2.50. The van der Waals surface area contributed by atoms with Crippen molar-refractivity contribution in [2.45, 2.75) is 26.4 Å². The van der Waals surface area contributed by atoms with Crippen molar-refractivity contribution in [3.8, 4) is 0 Å². The second-order valence-corrected chi connectivity index (χ2v) is 4.81. The van der Waals surface area contributed by atoms with E-state index in [0.717, 1.165) is 6.42 Å². The van der Waals surface area contributed by atoms with E-state index in [9.17, 15) is 0 Å². The summed E-state index contributed by atoms with van der Waals surface area (Å²) >= 11 is 6.02. The van der Waals surface area contributed by atoms with E-state index in [2.05, 4.69) is 13.8 Å². The summed E-state index contributed by atoms with van der Waals surface area (Å²) in [7, 11) is 0. The van der Waals surface area contributed by atoms with Crippen LogP contribution in [0.25, 0.3) is 0 Å². The van der Waals surface area contributed by atoms with Crippen LogP contribution in [0, 0.1) is 5.41 Å². The van der Waals surface area contributed by atoms with Crippen molar-refractivity contribution in [1.29, 1.82) is 0 Å². The highest BCUT2D eigenvalue weighted by molar-refractivity contribution is 6.31. The standard InChI is InChI=1S/C11H17ClO3/c1-11(2)4-3-10(9(12)5-11)15-7-8(14)6-13/h3,5,8,13-14H,4,6-7H2,1-2H3. The molecule has 3 nitrogen and oxygen atoms in total. The number of ether oxygens (including phenoxy) is 1. The minimum Gasteiger partial charge on any atom is -0.490 e. The van der Waals surface area contributed by atoms with Gasteiger partial charge in [0.2, 0.25) is 0 Å². The van der Waals surface area contributed by atoms with Gasteiger partial charge in [-0.3, -0.25) is 0 Å². The summed E-state index contributed by atoms with van der Waals surface area (Å²) in [6.45, 7) is 3.93. The quantitative estimate of drug-likeness (QED) is 0.777. The maximum absolute atomic E-state index is 9.11. The summed E-state index contributed by atoms with van der Waals surface area (Å²) in [5.41, 5.74) is 0.0551. The van der Waals surface area contributed by atoms with Crippen LogP contribution in [-0.4, -0.2) is 29.5 Å². The van der Waals surface area contributed by atoms with Gasteiger partial charge in [0.15, 0.2) is 0 Å². The summed E-state index contributed by atoms with van der Waals surface area (Å²) in [5, 5.41) is 18.3. The molecule has 0 saturated carbocycles. The van der Waals surface area contributed by atoms with Gasteiger partial charge in [0.1, 0.15) is 18.5 Å². The molecule has 86 valence electrons. The molecule has 4 heteroatoms. The molecule has 0 heterocycles. The molecule has 0 aromatic carbocycles. The molecule has 0 amide bonds. The molecule has 1 aliphatic rings. The lowest BCUT2D eigenvalue weighted by Gasteiger charge is -2.25. The first-order chi connectivity index (χ1) is 6.94. The molecule has 0 radical (unpaired) electrons.